The van der Waals surface area contributed by atoms with Crippen molar-refractivity contribution < 1.29 is 28.4 Å². The van der Waals surface area contributed by atoms with E-state index >= 15 is 0 Å². The number of esters is 1. The Morgan fingerprint density at radius 2 is 1.92 bits per heavy atom. The molecule has 1 saturated carbocycles. The van der Waals surface area contributed by atoms with E-state index < -0.39 is 18.5 Å². The Labute approximate surface area is 150 Å². The monoisotopic (exact) mass is 363 g/mol. The topological polar surface area (TPSA) is 119 Å². The molecule has 2 atom stereocenters. The Kier molecular flexibility index (Phi) is 5.34. The van der Waals surface area contributed by atoms with Crippen LogP contribution in [0.15, 0.2) is 10.6 Å². The molecule has 1 aromatic rings. The quantitative estimate of drug-likeness (QED) is 0.592. The van der Waals surface area contributed by atoms with Crippen LogP contribution in [-0.2, 0) is 23.9 Å². The summed E-state index contributed by atoms with van der Waals surface area (Å²) >= 11 is 0. The highest BCUT2D eigenvalue weighted by Crippen LogP contribution is 2.37. The van der Waals surface area contributed by atoms with Crippen LogP contribution in [0.5, 0.6) is 0 Å². The number of fused-ring (bicyclic) bond motifs is 1. The van der Waals surface area contributed by atoms with Gasteiger partial charge in [0.25, 0.3) is 5.91 Å². The molecule has 0 unspecified atom stereocenters. The Hall–Kier alpha value is -2.71. The smallest absolute Gasteiger partial charge is 0.308 e. The van der Waals surface area contributed by atoms with Gasteiger partial charge in [-0.3, -0.25) is 24.1 Å². The van der Waals surface area contributed by atoms with E-state index in [0.29, 0.717) is 5.76 Å². The van der Waals surface area contributed by atoms with Crippen LogP contribution in [0.2, 0.25) is 0 Å². The van der Waals surface area contributed by atoms with Gasteiger partial charge in [0.15, 0.2) is 12.4 Å². The molecule has 2 fully saturated rings. The Bertz CT molecular complexity index is 704. The van der Waals surface area contributed by atoms with Gasteiger partial charge < -0.3 is 14.6 Å². The number of imide groups is 1. The van der Waals surface area contributed by atoms with Crippen molar-refractivity contribution in [3.63, 3.8) is 0 Å². The lowest BCUT2D eigenvalue weighted by molar-refractivity contribution is -0.148. The molecule has 3 amide bonds. The average Bonchev–Trinajstić information content (AvgIpc) is 3.13. The van der Waals surface area contributed by atoms with Crippen molar-refractivity contribution in [2.75, 3.05) is 18.5 Å². The Balaban J connectivity index is 1.42. The molecular weight excluding hydrogens is 342 g/mol. The summed E-state index contributed by atoms with van der Waals surface area (Å²) in [5.74, 6) is -1.26. The number of hydrogen-bond acceptors (Lipinski definition) is 7. The molecule has 2 aliphatic rings. The molecular formula is C17H21N3O6. The van der Waals surface area contributed by atoms with Gasteiger partial charge in [-0.25, -0.2) is 0 Å². The number of anilines is 1. The molecule has 0 aromatic carbocycles. The van der Waals surface area contributed by atoms with Crippen LogP contribution in [0.1, 0.15) is 37.9 Å². The molecule has 9 heteroatoms. The molecule has 140 valence electrons. The third-order valence-electron chi connectivity index (χ3n) is 4.73. The van der Waals surface area contributed by atoms with Crippen molar-refractivity contribution >= 4 is 29.5 Å². The van der Waals surface area contributed by atoms with Crippen LogP contribution >= 0.6 is 0 Å². The highest BCUT2D eigenvalue weighted by atomic mass is 16.5. The summed E-state index contributed by atoms with van der Waals surface area (Å²) in [4.78, 5) is 49.3. The number of carbonyl (C=O) groups is 4. The average molecular weight is 363 g/mol. The fourth-order valence-corrected chi connectivity index (χ4v) is 3.48. The number of aromatic nitrogens is 1. The van der Waals surface area contributed by atoms with Crippen molar-refractivity contribution in [1.82, 2.24) is 10.1 Å². The minimum Gasteiger partial charge on any atom is -0.456 e. The van der Waals surface area contributed by atoms with Crippen LogP contribution in [0.4, 0.5) is 5.82 Å². The maximum Gasteiger partial charge on any atom is 0.308 e. The lowest BCUT2D eigenvalue weighted by Gasteiger charge is -2.19. The Morgan fingerprint density at radius 1 is 1.27 bits per heavy atom. The van der Waals surface area contributed by atoms with Gasteiger partial charge in [0.05, 0.1) is 18.3 Å². The number of nitrogens with one attached hydrogen (secondary N) is 1. The number of aryl methyl sites for hydroxylation is 1. The number of rotatable bonds is 6. The van der Waals surface area contributed by atoms with E-state index in [9.17, 15) is 19.2 Å². The van der Waals surface area contributed by atoms with E-state index in [1.165, 1.54) is 11.0 Å². The molecule has 0 bridgehead atoms. The van der Waals surface area contributed by atoms with Crippen molar-refractivity contribution in [3.8, 4) is 0 Å². The first-order chi connectivity index (χ1) is 12.5. The van der Waals surface area contributed by atoms with E-state index in [4.69, 9.17) is 9.26 Å². The van der Waals surface area contributed by atoms with Gasteiger partial charge in [-0.05, 0) is 19.8 Å². The van der Waals surface area contributed by atoms with Crippen molar-refractivity contribution in [2.24, 2.45) is 11.8 Å². The zero-order valence-electron chi connectivity index (χ0n) is 14.5. The minimum atomic E-state index is -0.646. The number of amides is 3. The molecule has 2 heterocycles. The summed E-state index contributed by atoms with van der Waals surface area (Å²) in [5.41, 5.74) is 0. The second-order valence-corrected chi connectivity index (χ2v) is 6.61. The van der Waals surface area contributed by atoms with Gasteiger partial charge in [0, 0.05) is 12.6 Å². The van der Waals surface area contributed by atoms with E-state index in [1.807, 2.05) is 0 Å². The number of carbonyl (C=O) groups excluding carboxylic acids is 4. The summed E-state index contributed by atoms with van der Waals surface area (Å²) in [6.45, 7) is 1.20. The number of likely N-dealkylation sites (tertiary alicyclic amines) is 1. The van der Waals surface area contributed by atoms with Crippen molar-refractivity contribution in [3.05, 3.63) is 11.8 Å². The zero-order valence-corrected chi connectivity index (χ0v) is 14.5. The van der Waals surface area contributed by atoms with Gasteiger partial charge in [-0.1, -0.05) is 18.0 Å². The maximum absolute atomic E-state index is 12.3. The molecule has 9 nitrogen and oxygen atoms in total. The molecule has 1 aliphatic carbocycles. The molecule has 0 radical (unpaired) electrons. The normalized spacial score (nSPS) is 22.3. The summed E-state index contributed by atoms with van der Waals surface area (Å²) in [6, 6.07) is 1.53. The van der Waals surface area contributed by atoms with Crippen LogP contribution in [-0.4, -0.2) is 46.9 Å². The highest BCUT2D eigenvalue weighted by Gasteiger charge is 2.47. The molecule has 26 heavy (non-hydrogen) atoms. The van der Waals surface area contributed by atoms with Gasteiger partial charge in [-0.15, -0.1) is 0 Å². The highest BCUT2D eigenvalue weighted by molar-refractivity contribution is 6.05. The fourth-order valence-electron chi connectivity index (χ4n) is 3.48. The van der Waals surface area contributed by atoms with Gasteiger partial charge >= 0.3 is 5.97 Å². The predicted molar refractivity (Wildman–Crippen MR) is 87.6 cm³/mol. The molecule has 1 N–H and O–H groups in total. The molecule has 1 saturated heterocycles. The number of hydrogen-bond donors (Lipinski definition) is 1. The summed E-state index contributed by atoms with van der Waals surface area (Å²) in [6.07, 6.45) is 3.25. The first kappa shape index (κ1) is 18.1. The number of ether oxygens (including phenoxy) is 1. The fraction of sp³-hybridized carbons (Fsp3) is 0.588. The van der Waals surface area contributed by atoms with E-state index in [2.05, 4.69) is 10.5 Å². The van der Waals surface area contributed by atoms with Crippen molar-refractivity contribution in [2.45, 2.75) is 39.0 Å². The van der Waals surface area contributed by atoms with Crippen molar-refractivity contribution in [1.29, 1.82) is 0 Å². The minimum absolute atomic E-state index is 0.00635. The second kappa shape index (κ2) is 7.67. The zero-order chi connectivity index (χ0) is 18.7. The number of nitrogens with zero attached hydrogens (tertiary/aromatic N) is 2. The third kappa shape index (κ3) is 3.92. The predicted octanol–water partition coefficient (Wildman–Crippen LogP) is 1.03. The van der Waals surface area contributed by atoms with Gasteiger partial charge in [0.1, 0.15) is 5.76 Å². The molecule has 0 spiro atoms. The Morgan fingerprint density at radius 3 is 2.50 bits per heavy atom. The van der Waals surface area contributed by atoms with Crippen LogP contribution in [0.25, 0.3) is 0 Å². The van der Waals surface area contributed by atoms with Crippen LogP contribution in [0, 0.1) is 18.8 Å². The van der Waals surface area contributed by atoms with Gasteiger partial charge in [-0.2, -0.15) is 0 Å². The first-order valence-corrected chi connectivity index (χ1v) is 8.69. The van der Waals surface area contributed by atoms with Gasteiger partial charge in [0.2, 0.25) is 11.8 Å². The summed E-state index contributed by atoms with van der Waals surface area (Å²) in [7, 11) is 0. The lowest BCUT2D eigenvalue weighted by Crippen LogP contribution is -2.33. The third-order valence-corrected chi connectivity index (χ3v) is 4.73. The molecule has 3 rings (SSSR count). The summed E-state index contributed by atoms with van der Waals surface area (Å²) in [5, 5.41) is 6.02. The van der Waals surface area contributed by atoms with E-state index in [-0.39, 0.29) is 42.4 Å². The first-order valence-electron chi connectivity index (χ1n) is 8.69. The second-order valence-electron chi connectivity index (χ2n) is 6.61. The van der Waals surface area contributed by atoms with E-state index in [1.54, 1.807) is 6.92 Å². The molecule has 1 aliphatic heterocycles. The van der Waals surface area contributed by atoms with Crippen LogP contribution < -0.4 is 5.32 Å². The lowest BCUT2D eigenvalue weighted by atomic mass is 9.81. The largest absolute Gasteiger partial charge is 0.456 e. The van der Waals surface area contributed by atoms with E-state index in [0.717, 1.165) is 25.7 Å². The summed E-state index contributed by atoms with van der Waals surface area (Å²) < 4.78 is 9.68. The standard InChI is InChI=1S/C17H21N3O6/c1-10-8-13(19-26-10)18-14(21)9-25-15(22)6-7-20-16(23)11-4-2-3-5-12(11)17(20)24/h8,11-12H,2-7,9H2,1H3,(H,18,19,21)/t11-,12+. The SMILES string of the molecule is Cc1cc(NC(=O)COC(=O)CCN2C(=O)[C@H]3CCCC[C@H]3C2=O)no1. The molecule has 1 aromatic heterocycles. The van der Waals surface area contributed by atoms with Crippen LogP contribution in [0.3, 0.4) is 0 Å². The maximum atomic E-state index is 12.3.